The molecule has 1 aromatic rings. The highest BCUT2D eigenvalue weighted by Gasteiger charge is 2.14. The summed E-state index contributed by atoms with van der Waals surface area (Å²) in [5.41, 5.74) is 0. The third-order valence-corrected chi connectivity index (χ3v) is 2.43. The van der Waals surface area contributed by atoms with Gasteiger partial charge in [-0.3, -0.25) is 0 Å². The Morgan fingerprint density at radius 3 is 3.27 bits per heavy atom. The van der Waals surface area contributed by atoms with Gasteiger partial charge in [0.2, 0.25) is 5.95 Å². The number of hydrogen-bond acceptors (Lipinski definition) is 4. The van der Waals surface area contributed by atoms with Crippen LogP contribution in [-0.4, -0.2) is 42.0 Å². The molecular formula is C10H17N3O2. The fourth-order valence-corrected chi connectivity index (χ4v) is 1.59. The van der Waals surface area contributed by atoms with Gasteiger partial charge in [0.05, 0.1) is 25.9 Å². The molecule has 2 heterocycles. The molecule has 84 valence electrons. The highest BCUT2D eigenvalue weighted by atomic mass is 16.6. The first-order chi connectivity index (χ1) is 7.40. The summed E-state index contributed by atoms with van der Waals surface area (Å²) < 4.78 is 12.9. The standard InChI is InChI=1S/C10H17N3O2/c1-2-13-4-3-11-10(13)12-7-9-8-14-5-6-15-9/h3-4,9H,2,5-8H2,1H3,(H,11,12). The van der Waals surface area contributed by atoms with Gasteiger partial charge in [-0.25, -0.2) is 4.98 Å². The van der Waals surface area contributed by atoms with E-state index in [1.807, 2.05) is 6.20 Å². The van der Waals surface area contributed by atoms with Crippen LogP contribution < -0.4 is 5.32 Å². The number of aryl methyl sites for hydroxylation is 1. The lowest BCUT2D eigenvalue weighted by atomic mass is 10.3. The molecule has 1 aromatic heterocycles. The van der Waals surface area contributed by atoms with E-state index in [4.69, 9.17) is 9.47 Å². The Morgan fingerprint density at radius 1 is 1.60 bits per heavy atom. The summed E-state index contributed by atoms with van der Waals surface area (Å²) in [6.07, 6.45) is 3.89. The Balaban J connectivity index is 1.81. The van der Waals surface area contributed by atoms with E-state index in [-0.39, 0.29) is 6.10 Å². The van der Waals surface area contributed by atoms with Crippen molar-refractivity contribution < 1.29 is 9.47 Å². The Kier molecular flexibility index (Phi) is 3.58. The second kappa shape index (κ2) is 5.14. The molecule has 1 aliphatic heterocycles. The Bertz CT molecular complexity index is 295. The van der Waals surface area contributed by atoms with Gasteiger partial charge >= 0.3 is 0 Å². The van der Waals surface area contributed by atoms with Crippen molar-refractivity contribution in [3.05, 3.63) is 12.4 Å². The summed E-state index contributed by atoms with van der Waals surface area (Å²) in [4.78, 5) is 4.23. The lowest BCUT2D eigenvalue weighted by Gasteiger charge is -2.23. The van der Waals surface area contributed by atoms with Gasteiger partial charge in [-0.05, 0) is 6.92 Å². The molecule has 1 fully saturated rings. The minimum Gasteiger partial charge on any atom is -0.376 e. The lowest BCUT2D eigenvalue weighted by Crippen LogP contribution is -2.34. The number of rotatable bonds is 4. The summed E-state index contributed by atoms with van der Waals surface area (Å²) >= 11 is 0. The van der Waals surface area contributed by atoms with E-state index in [0.717, 1.165) is 19.0 Å². The minimum atomic E-state index is 0.140. The molecule has 1 aliphatic rings. The van der Waals surface area contributed by atoms with Crippen molar-refractivity contribution in [3.63, 3.8) is 0 Å². The number of nitrogens with one attached hydrogen (secondary N) is 1. The molecule has 15 heavy (non-hydrogen) atoms. The van der Waals surface area contributed by atoms with E-state index in [1.165, 1.54) is 0 Å². The number of hydrogen-bond donors (Lipinski definition) is 1. The average Bonchev–Trinajstić information content (AvgIpc) is 2.75. The predicted octanol–water partition coefficient (Wildman–Crippen LogP) is 0.730. The zero-order valence-corrected chi connectivity index (χ0v) is 8.98. The maximum Gasteiger partial charge on any atom is 0.202 e. The van der Waals surface area contributed by atoms with Gasteiger partial charge < -0.3 is 19.4 Å². The van der Waals surface area contributed by atoms with Crippen LogP contribution in [0.15, 0.2) is 12.4 Å². The summed E-state index contributed by atoms with van der Waals surface area (Å²) in [7, 11) is 0. The molecule has 1 saturated heterocycles. The van der Waals surface area contributed by atoms with Gasteiger partial charge in [0.1, 0.15) is 0 Å². The monoisotopic (exact) mass is 211 g/mol. The van der Waals surface area contributed by atoms with Crippen molar-refractivity contribution in [3.8, 4) is 0 Å². The van der Waals surface area contributed by atoms with Gasteiger partial charge in [0.15, 0.2) is 0 Å². The molecule has 0 bridgehead atoms. The molecule has 0 radical (unpaired) electrons. The Morgan fingerprint density at radius 2 is 2.53 bits per heavy atom. The van der Waals surface area contributed by atoms with E-state index >= 15 is 0 Å². The number of aromatic nitrogens is 2. The number of nitrogens with zero attached hydrogens (tertiary/aromatic N) is 2. The Hall–Kier alpha value is -1.07. The molecule has 1 unspecified atom stereocenters. The molecule has 0 aliphatic carbocycles. The minimum absolute atomic E-state index is 0.140. The van der Waals surface area contributed by atoms with E-state index in [1.54, 1.807) is 6.20 Å². The van der Waals surface area contributed by atoms with Gasteiger partial charge in [-0.15, -0.1) is 0 Å². The number of anilines is 1. The first kappa shape index (κ1) is 10.4. The van der Waals surface area contributed by atoms with E-state index < -0.39 is 0 Å². The van der Waals surface area contributed by atoms with E-state index in [0.29, 0.717) is 19.8 Å². The van der Waals surface area contributed by atoms with Gasteiger partial charge in [-0.1, -0.05) is 0 Å². The zero-order valence-electron chi connectivity index (χ0n) is 8.98. The molecule has 0 saturated carbocycles. The number of imidazole rings is 1. The third-order valence-electron chi connectivity index (χ3n) is 2.43. The van der Waals surface area contributed by atoms with Crippen LogP contribution in [0.4, 0.5) is 5.95 Å². The van der Waals surface area contributed by atoms with Crippen LogP contribution in [0, 0.1) is 0 Å². The van der Waals surface area contributed by atoms with Crippen molar-refractivity contribution >= 4 is 5.95 Å². The molecule has 5 nitrogen and oxygen atoms in total. The van der Waals surface area contributed by atoms with Crippen LogP contribution in [0.3, 0.4) is 0 Å². The summed E-state index contributed by atoms with van der Waals surface area (Å²) in [6.45, 7) is 5.82. The third kappa shape index (κ3) is 2.70. The molecular weight excluding hydrogens is 194 g/mol. The normalized spacial score (nSPS) is 21.5. The van der Waals surface area contributed by atoms with Crippen LogP contribution in [0.5, 0.6) is 0 Å². The molecule has 0 spiro atoms. The number of ether oxygens (including phenoxy) is 2. The summed E-state index contributed by atoms with van der Waals surface area (Å²) in [5, 5.41) is 3.26. The van der Waals surface area contributed by atoms with Crippen LogP contribution in [0.1, 0.15) is 6.92 Å². The zero-order chi connectivity index (χ0) is 10.5. The lowest BCUT2D eigenvalue weighted by molar-refractivity contribution is -0.0819. The van der Waals surface area contributed by atoms with Crippen LogP contribution in [0.25, 0.3) is 0 Å². The molecule has 1 N–H and O–H groups in total. The predicted molar refractivity (Wildman–Crippen MR) is 56.9 cm³/mol. The highest BCUT2D eigenvalue weighted by molar-refractivity contribution is 5.25. The van der Waals surface area contributed by atoms with Crippen LogP contribution >= 0.6 is 0 Å². The Labute approximate surface area is 89.4 Å². The van der Waals surface area contributed by atoms with E-state index in [9.17, 15) is 0 Å². The maximum absolute atomic E-state index is 5.53. The molecule has 5 heteroatoms. The second-order valence-corrected chi connectivity index (χ2v) is 3.49. The summed E-state index contributed by atoms with van der Waals surface area (Å²) in [5.74, 6) is 0.895. The van der Waals surface area contributed by atoms with Crippen molar-refractivity contribution in [2.45, 2.75) is 19.6 Å². The van der Waals surface area contributed by atoms with E-state index in [2.05, 4.69) is 21.8 Å². The molecule has 1 atom stereocenters. The first-order valence-electron chi connectivity index (χ1n) is 5.34. The quantitative estimate of drug-likeness (QED) is 0.797. The molecule has 0 amide bonds. The van der Waals surface area contributed by atoms with Crippen molar-refractivity contribution in [2.24, 2.45) is 0 Å². The fourth-order valence-electron chi connectivity index (χ4n) is 1.59. The van der Waals surface area contributed by atoms with Gasteiger partial charge in [0.25, 0.3) is 0 Å². The summed E-state index contributed by atoms with van der Waals surface area (Å²) in [6, 6.07) is 0. The topological polar surface area (TPSA) is 48.3 Å². The second-order valence-electron chi connectivity index (χ2n) is 3.49. The van der Waals surface area contributed by atoms with Crippen LogP contribution in [-0.2, 0) is 16.0 Å². The molecule has 2 rings (SSSR count). The average molecular weight is 211 g/mol. The largest absolute Gasteiger partial charge is 0.376 e. The molecule has 0 aromatic carbocycles. The fraction of sp³-hybridized carbons (Fsp3) is 0.700. The van der Waals surface area contributed by atoms with Crippen LogP contribution in [0.2, 0.25) is 0 Å². The van der Waals surface area contributed by atoms with Crippen molar-refractivity contribution in [1.82, 2.24) is 9.55 Å². The van der Waals surface area contributed by atoms with Crippen molar-refractivity contribution in [1.29, 1.82) is 0 Å². The first-order valence-corrected chi connectivity index (χ1v) is 5.34. The van der Waals surface area contributed by atoms with Crippen molar-refractivity contribution in [2.75, 3.05) is 31.7 Å². The maximum atomic E-state index is 5.53. The van der Waals surface area contributed by atoms with Gasteiger partial charge in [0, 0.05) is 25.5 Å². The SMILES string of the molecule is CCn1ccnc1NCC1COCCO1. The highest BCUT2D eigenvalue weighted by Crippen LogP contribution is 2.06. The smallest absolute Gasteiger partial charge is 0.202 e. The van der Waals surface area contributed by atoms with Gasteiger partial charge in [-0.2, -0.15) is 0 Å².